The largest absolute Gasteiger partial charge is 0.411 e. The predicted octanol–water partition coefficient (Wildman–Crippen LogP) is 4.44. The molecule has 6 nitrogen and oxygen atoms in total. The summed E-state index contributed by atoms with van der Waals surface area (Å²) in [5, 5.41) is 14.3. The van der Waals surface area contributed by atoms with Gasteiger partial charge in [-0.05, 0) is 49.8 Å². The number of Topliss-reactive ketones (excluding diaryl/α,β-unsaturated/α-hetero) is 1. The van der Waals surface area contributed by atoms with Gasteiger partial charge in [0.05, 0.1) is 12.1 Å². The van der Waals surface area contributed by atoms with Crippen LogP contribution in [0.25, 0.3) is 10.4 Å². The average molecular weight is 344 g/mol. The number of carbonyl (C=O) groups is 1. The van der Waals surface area contributed by atoms with Gasteiger partial charge in [-0.1, -0.05) is 39.7 Å². The Morgan fingerprint density at radius 3 is 2.09 bits per heavy atom. The number of azide groups is 1. The van der Waals surface area contributed by atoms with Gasteiger partial charge >= 0.3 is 0 Å². The number of carbonyl (C=O) groups excluding carboxylic acids is 1. The van der Waals surface area contributed by atoms with Crippen LogP contribution in [0.3, 0.4) is 0 Å². The molecule has 0 saturated carbocycles. The normalized spacial score (nSPS) is 18.0. The molecule has 0 aliphatic rings. The van der Waals surface area contributed by atoms with Gasteiger partial charge in [0.15, 0.2) is 14.1 Å². The molecule has 0 unspecified atom stereocenters. The average Bonchev–Trinajstić information content (AvgIpc) is 2.34. The molecule has 0 radical (unpaired) electrons. The molecule has 0 aromatic carbocycles. The highest BCUT2D eigenvalue weighted by atomic mass is 28.4. The number of hydrogen-bond acceptors (Lipinski definition) is 4. The number of ketones is 1. The Balaban J connectivity index is 5.35. The summed E-state index contributed by atoms with van der Waals surface area (Å²) in [6.07, 6.45) is -0.259. The van der Waals surface area contributed by atoms with Gasteiger partial charge in [0.25, 0.3) is 0 Å². The van der Waals surface area contributed by atoms with Crippen molar-refractivity contribution in [3.05, 3.63) is 10.4 Å². The molecule has 0 aliphatic heterocycles. The maximum absolute atomic E-state index is 12.7. The minimum atomic E-state index is -2.12. The summed E-state index contributed by atoms with van der Waals surface area (Å²) >= 11 is 0. The van der Waals surface area contributed by atoms with E-state index in [1.807, 2.05) is 13.8 Å². The number of nitrogens with zero attached hydrogens (tertiary/aromatic N) is 3. The van der Waals surface area contributed by atoms with Crippen LogP contribution in [0.4, 0.5) is 0 Å². The standard InChI is InChI=1S/C16H33N3O3Si/c1-11(2)10-13(18-19-17)14(20)16(7,21)12(3)22-23(8,9)15(4,5)6/h11-13,21H,10H2,1-9H3/t12-,13+,16-/m1/s1. The molecule has 0 aliphatic carbocycles. The topological polar surface area (TPSA) is 95.3 Å². The summed E-state index contributed by atoms with van der Waals surface area (Å²) in [5.41, 5.74) is 7.00. The zero-order valence-electron chi connectivity index (χ0n) is 16.0. The third-order valence-corrected chi connectivity index (χ3v) is 9.31. The van der Waals surface area contributed by atoms with Crippen molar-refractivity contribution < 1.29 is 14.3 Å². The summed E-state index contributed by atoms with van der Waals surface area (Å²) < 4.78 is 6.15. The molecule has 0 rings (SSSR count). The smallest absolute Gasteiger partial charge is 0.192 e. The molecule has 0 bridgehead atoms. The molecule has 1 N–H and O–H groups in total. The highest BCUT2D eigenvalue weighted by Gasteiger charge is 2.46. The Kier molecular flexibility index (Phi) is 7.49. The minimum Gasteiger partial charge on any atom is -0.411 e. The third-order valence-electron chi connectivity index (χ3n) is 4.76. The van der Waals surface area contributed by atoms with Crippen LogP contribution in [0, 0.1) is 5.92 Å². The molecule has 0 fully saturated rings. The molecule has 0 aromatic rings. The second kappa shape index (κ2) is 7.79. The lowest BCUT2D eigenvalue weighted by molar-refractivity contribution is -0.146. The van der Waals surface area contributed by atoms with Crippen molar-refractivity contribution in [2.24, 2.45) is 11.0 Å². The SMILES string of the molecule is CC(C)C[C@H](N=[N+]=[N-])C(=O)[C@](C)(O)[C@@H](C)O[Si](C)(C)C(C)(C)C. The van der Waals surface area contributed by atoms with Crippen LogP contribution in [0.1, 0.15) is 54.9 Å². The van der Waals surface area contributed by atoms with Gasteiger partial charge in [-0.15, -0.1) is 0 Å². The molecule has 0 amide bonds. The lowest BCUT2D eigenvalue weighted by atomic mass is 9.87. The van der Waals surface area contributed by atoms with Crippen molar-refractivity contribution in [2.45, 2.75) is 90.8 Å². The monoisotopic (exact) mass is 343 g/mol. The van der Waals surface area contributed by atoms with Gasteiger partial charge in [-0.2, -0.15) is 0 Å². The van der Waals surface area contributed by atoms with E-state index in [-0.39, 0.29) is 11.0 Å². The highest BCUT2D eigenvalue weighted by molar-refractivity contribution is 6.74. The van der Waals surface area contributed by atoms with Gasteiger partial charge in [-0.3, -0.25) is 4.79 Å². The second-order valence-corrected chi connectivity index (χ2v) is 13.1. The predicted molar refractivity (Wildman–Crippen MR) is 95.8 cm³/mol. The molecule has 0 spiro atoms. The first-order chi connectivity index (χ1) is 10.2. The van der Waals surface area contributed by atoms with Crippen LogP contribution >= 0.6 is 0 Å². The van der Waals surface area contributed by atoms with Crippen molar-refractivity contribution in [3.8, 4) is 0 Å². The second-order valence-electron chi connectivity index (χ2n) is 8.38. The molecule has 23 heavy (non-hydrogen) atoms. The lowest BCUT2D eigenvalue weighted by Crippen LogP contribution is -2.55. The van der Waals surface area contributed by atoms with Gasteiger partial charge in [0.2, 0.25) is 0 Å². The van der Waals surface area contributed by atoms with E-state index in [4.69, 9.17) is 9.96 Å². The maximum Gasteiger partial charge on any atom is 0.192 e. The zero-order valence-corrected chi connectivity index (χ0v) is 17.0. The van der Waals surface area contributed by atoms with E-state index >= 15 is 0 Å². The highest BCUT2D eigenvalue weighted by Crippen LogP contribution is 2.38. The summed E-state index contributed by atoms with van der Waals surface area (Å²) in [7, 11) is -2.12. The fraction of sp³-hybridized carbons (Fsp3) is 0.938. The molecule has 0 aromatic heterocycles. The quantitative estimate of drug-likeness (QED) is 0.305. The summed E-state index contributed by atoms with van der Waals surface area (Å²) in [5.74, 6) is -0.294. The lowest BCUT2D eigenvalue weighted by Gasteiger charge is -2.42. The van der Waals surface area contributed by atoms with Gasteiger partial charge in [0, 0.05) is 4.91 Å². The minimum absolute atomic E-state index is 0.0253. The number of hydrogen-bond donors (Lipinski definition) is 1. The van der Waals surface area contributed by atoms with E-state index in [2.05, 4.69) is 43.9 Å². The molecule has 0 heterocycles. The fourth-order valence-corrected chi connectivity index (χ4v) is 3.45. The fourth-order valence-electron chi connectivity index (χ4n) is 1.99. The Morgan fingerprint density at radius 1 is 1.26 bits per heavy atom. The Bertz CT molecular complexity index is 464. The Hall–Kier alpha value is -0.883. The summed E-state index contributed by atoms with van der Waals surface area (Å²) in [4.78, 5) is 15.4. The summed E-state index contributed by atoms with van der Waals surface area (Å²) in [6.45, 7) is 17.5. The van der Waals surface area contributed by atoms with E-state index in [0.29, 0.717) is 6.42 Å². The maximum atomic E-state index is 12.7. The van der Waals surface area contributed by atoms with Crippen LogP contribution in [0.2, 0.25) is 18.1 Å². The van der Waals surface area contributed by atoms with Crippen LogP contribution in [-0.4, -0.2) is 37.0 Å². The van der Waals surface area contributed by atoms with E-state index < -0.39 is 31.8 Å². The van der Waals surface area contributed by atoms with Gasteiger partial charge in [0.1, 0.15) is 5.60 Å². The van der Waals surface area contributed by atoms with E-state index in [0.717, 1.165) is 0 Å². The molecule has 134 valence electrons. The van der Waals surface area contributed by atoms with Crippen LogP contribution in [0.15, 0.2) is 5.11 Å². The summed E-state index contributed by atoms with van der Waals surface area (Å²) in [6, 6.07) is -0.875. The van der Waals surface area contributed by atoms with Crippen molar-refractivity contribution >= 4 is 14.1 Å². The van der Waals surface area contributed by atoms with Gasteiger partial charge in [-0.25, -0.2) is 0 Å². The first kappa shape index (κ1) is 22.1. The molecule has 0 saturated heterocycles. The van der Waals surface area contributed by atoms with Crippen molar-refractivity contribution in [2.75, 3.05) is 0 Å². The first-order valence-corrected chi connectivity index (χ1v) is 11.1. The number of aliphatic hydroxyl groups is 1. The van der Waals surface area contributed by atoms with Crippen molar-refractivity contribution in [1.82, 2.24) is 0 Å². The molecular formula is C16H33N3O3Si. The van der Waals surface area contributed by atoms with E-state index in [1.165, 1.54) is 6.92 Å². The molecule has 3 atom stereocenters. The molecule has 7 heteroatoms. The van der Waals surface area contributed by atoms with E-state index in [1.54, 1.807) is 6.92 Å². The molecular weight excluding hydrogens is 310 g/mol. The Morgan fingerprint density at radius 2 is 1.74 bits per heavy atom. The van der Waals surface area contributed by atoms with E-state index in [9.17, 15) is 9.90 Å². The first-order valence-electron chi connectivity index (χ1n) is 8.15. The van der Waals surface area contributed by atoms with Crippen LogP contribution < -0.4 is 0 Å². The zero-order chi connectivity index (χ0) is 18.6. The van der Waals surface area contributed by atoms with Gasteiger partial charge < -0.3 is 9.53 Å². The van der Waals surface area contributed by atoms with Crippen LogP contribution in [-0.2, 0) is 9.22 Å². The van der Waals surface area contributed by atoms with Crippen molar-refractivity contribution in [3.63, 3.8) is 0 Å². The third kappa shape index (κ3) is 5.92. The van der Waals surface area contributed by atoms with Crippen molar-refractivity contribution in [1.29, 1.82) is 0 Å². The number of rotatable bonds is 8. The Labute approximate surface area is 141 Å². The van der Waals surface area contributed by atoms with Crippen LogP contribution in [0.5, 0.6) is 0 Å².